The Morgan fingerprint density at radius 2 is 1.75 bits per heavy atom. The third-order valence-corrected chi connectivity index (χ3v) is 3.05. The number of benzene rings is 1. The van der Waals surface area contributed by atoms with Gasteiger partial charge < -0.3 is 10.2 Å². The van der Waals surface area contributed by atoms with E-state index in [2.05, 4.69) is 54.9 Å². The van der Waals surface area contributed by atoms with Gasteiger partial charge in [0, 0.05) is 30.9 Å². The number of nitrogens with one attached hydrogen (secondary N) is 1. The minimum atomic E-state index is 0.558. The van der Waals surface area contributed by atoms with Crippen LogP contribution in [0.5, 0.6) is 0 Å². The molecule has 1 aliphatic rings. The first kappa shape index (κ1) is 11.2. The van der Waals surface area contributed by atoms with Gasteiger partial charge in [-0.1, -0.05) is 24.8 Å². The van der Waals surface area contributed by atoms with Crippen molar-refractivity contribution in [2.45, 2.75) is 25.9 Å². The van der Waals surface area contributed by atoms with Crippen molar-refractivity contribution in [1.82, 2.24) is 5.32 Å². The predicted molar refractivity (Wildman–Crippen MR) is 70.8 cm³/mol. The molecule has 86 valence electrons. The van der Waals surface area contributed by atoms with Gasteiger partial charge in [-0.3, -0.25) is 0 Å². The van der Waals surface area contributed by atoms with Crippen molar-refractivity contribution in [2.75, 3.05) is 18.0 Å². The molecule has 0 aliphatic carbocycles. The largest absolute Gasteiger partial charge is 0.368 e. The number of anilines is 1. The third-order valence-electron chi connectivity index (χ3n) is 3.05. The molecule has 2 unspecified atom stereocenters. The number of hydrogen-bond donors (Lipinski definition) is 1. The standard InChI is InChI=1S/C14H20N2/c1-4-13-5-7-14(8-6-13)16-9-11(2)15-12(3)10-16/h4-8,11-12,15H,1,9-10H2,2-3H3. The van der Waals surface area contributed by atoms with Gasteiger partial charge in [0.15, 0.2) is 0 Å². The highest BCUT2D eigenvalue weighted by molar-refractivity contribution is 5.55. The minimum Gasteiger partial charge on any atom is -0.368 e. The summed E-state index contributed by atoms with van der Waals surface area (Å²) < 4.78 is 0. The van der Waals surface area contributed by atoms with Crippen LogP contribution in [0.25, 0.3) is 6.08 Å². The summed E-state index contributed by atoms with van der Waals surface area (Å²) in [6, 6.07) is 9.73. The Hall–Kier alpha value is -1.28. The fraction of sp³-hybridized carbons (Fsp3) is 0.429. The highest BCUT2D eigenvalue weighted by atomic mass is 15.2. The molecule has 2 heteroatoms. The Labute approximate surface area is 98.0 Å². The zero-order chi connectivity index (χ0) is 11.5. The van der Waals surface area contributed by atoms with E-state index in [9.17, 15) is 0 Å². The van der Waals surface area contributed by atoms with Crippen molar-refractivity contribution in [2.24, 2.45) is 0 Å². The molecular weight excluding hydrogens is 196 g/mol. The Kier molecular flexibility index (Phi) is 3.30. The van der Waals surface area contributed by atoms with E-state index in [1.807, 2.05) is 6.08 Å². The molecule has 2 nitrogen and oxygen atoms in total. The van der Waals surface area contributed by atoms with Crippen LogP contribution in [0.15, 0.2) is 30.8 Å². The number of rotatable bonds is 2. The van der Waals surface area contributed by atoms with Crippen molar-refractivity contribution < 1.29 is 0 Å². The molecule has 0 radical (unpaired) electrons. The smallest absolute Gasteiger partial charge is 0.0367 e. The lowest BCUT2D eigenvalue weighted by molar-refractivity contribution is 0.407. The zero-order valence-corrected chi connectivity index (χ0v) is 10.1. The van der Waals surface area contributed by atoms with Crippen LogP contribution in [0, 0.1) is 0 Å². The first-order chi connectivity index (χ1) is 7.69. The van der Waals surface area contributed by atoms with E-state index in [0.717, 1.165) is 13.1 Å². The van der Waals surface area contributed by atoms with E-state index < -0.39 is 0 Å². The Balaban J connectivity index is 2.13. The van der Waals surface area contributed by atoms with Crippen molar-refractivity contribution in [3.05, 3.63) is 36.4 Å². The molecule has 2 rings (SSSR count). The lowest BCUT2D eigenvalue weighted by Crippen LogP contribution is -2.54. The van der Waals surface area contributed by atoms with E-state index in [-0.39, 0.29) is 0 Å². The second kappa shape index (κ2) is 4.71. The molecule has 1 fully saturated rings. The predicted octanol–water partition coefficient (Wildman–Crippen LogP) is 2.52. The zero-order valence-electron chi connectivity index (χ0n) is 10.1. The molecule has 1 N–H and O–H groups in total. The van der Waals surface area contributed by atoms with Crippen LogP contribution in [0.3, 0.4) is 0 Å². The Morgan fingerprint density at radius 3 is 2.25 bits per heavy atom. The van der Waals surface area contributed by atoms with Crippen LogP contribution in [-0.4, -0.2) is 25.2 Å². The maximum atomic E-state index is 3.77. The summed E-state index contributed by atoms with van der Waals surface area (Å²) >= 11 is 0. The molecule has 0 spiro atoms. The Morgan fingerprint density at radius 1 is 1.19 bits per heavy atom. The third kappa shape index (κ3) is 2.45. The first-order valence-electron chi connectivity index (χ1n) is 5.92. The van der Waals surface area contributed by atoms with Gasteiger partial charge in [0.1, 0.15) is 0 Å². The molecule has 1 aliphatic heterocycles. The summed E-state index contributed by atoms with van der Waals surface area (Å²) in [4.78, 5) is 2.44. The first-order valence-corrected chi connectivity index (χ1v) is 5.92. The van der Waals surface area contributed by atoms with E-state index in [1.165, 1.54) is 11.3 Å². The lowest BCUT2D eigenvalue weighted by Gasteiger charge is -2.37. The van der Waals surface area contributed by atoms with Crippen LogP contribution >= 0.6 is 0 Å². The number of piperazine rings is 1. The average molecular weight is 216 g/mol. The van der Waals surface area contributed by atoms with Gasteiger partial charge in [0.2, 0.25) is 0 Å². The van der Waals surface area contributed by atoms with E-state index in [1.54, 1.807) is 0 Å². The van der Waals surface area contributed by atoms with Crippen LogP contribution < -0.4 is 10.2 Å². The molecule has 0 saturated carbocycles. The normalized spacial score (nSPS) is 25.5. The number of hydrogen-bond acceptors (Lipinski definition) is 2. The van der Waals surface area contributed by atoms with Gasteiger partial charge in [-0.25, -0.2) is 0 Å². The fourth-order valence-electron chi connectivity index (χ4n) is 2.36. The monoisotopic (exact) mass is 216 g/mol. The summed E-state index contributed by atoms with van der Waals surface area (Å²) in [6.07, 6.45) is 1.88. The molecule has 1 aromatic rings. The quantitative estimate of drug-likeness (QED) is 0.817. The van der Waals surface area contributed by atoms with E-state index in [0.29, 0.717) is 12.1 Å². The van der Waals surface area contributed by atoms with Crippen LogP contribution in [0.4, 0.5) is 5.69 Å². The minimum absolute atomic E-state index is 0.558. The van der Waals surface area contributed by atoms with Gasteiger partial charge >= 0.3 is 0 Å². The fourth-order valence-corrected chi connectivity index (χ4v) is 2.36. The molecule has 2 atom stereocenters. The number of nitrogens with zero attached hydrogens (tertiary/aromatic N) is 1. The summed E-state index contributed by atoms with van der Waals surface area (Å²) in [7, 11) is 0. The molecule has 16 heavy (non-hydrogen) atoms. The van der Waals surface area contributed by atoms with Gasteiger partial charge in [-0.15, -0.1) is 0 Å². The molecular formula is C14H20N2. The van der Waals surface area contributed by atoms with Crippen LogP contribution in [0.1, 0.15) is 19.4 Å². The SMILES string of the molecule is C=Cc1ccc(N2CC(C)NC(C)C2)cc1. The maximum absolute atomic E-state index is 3.77. The molecule has 0 amide bonds. The van der Waals surface area contributed by atoms with Crippen molar-refractivity contribution in [1.29, 1.82) is 0 Å². The topological polar surface area (TPSA) is 15.3 Å². The molecule has 0 bridgehead atoms. The highest BCUT2D eigenvalue weighted by Crippen LogP contribution is 2.18. The van der Waals surface area contributed by atoms with Gasteiger partial charge in [0.25, 0.3) is 0 Å². The van der Waals surface area contributed by atoms with Crippen LogP contribution in [-0.2, 0) is 0 Å². The summed E-state index contributed by atoms with van der Waals surface area (Å²) in [6.45, 7) is 10.4. The van der Waals surface area contributed by atoms with Gasteiger partial charge in [-0.05, 0) is 31.5 Å². The maximum Gasteiger partial charge on any atom is 0.0367 e. The Bertz CT molecular complexity index is 346. The second-order valence-corrected chi connectivity index (χ2v) is 4.67. The molecule has 1 saturated heterocycles. The second-order valence-electron chi connectivity index (χ2n) is 4.67. The van der Waals surface area contributed by atoms with Crippen LogP contribution in [0.2, 0.25) is 0 Å². The van der Waals surface area contributed by atoms with Crippen molar-refractivity contribution in [3.8, 4) is 0 Å². The van der Waals surface area contributed by atoms with Crippen molar-refractivity contribution in [3.63, 3.8) is 0 Å². The van der Waals surface area contributed by atoms with Crippen molar-refractivity contribution >= 4 is 11.8 Å². The van der Waals surface area contributed by atoms with Gasteiger partial charge in [0.05, 0.1) is 0 Å². The lowest BCUT2D eigenvalue weighted by atomic mass is 10.1. The molecule has 0 aromatic heterocycles. The summed E-state index contributed by atoms with van der Waals surface area (Å²) in [5.74, 6) is 0. The summed E-state index contributed by atoms with van der Waals surface area (Å²) in [5.41, 5.74) is 2.49. The highest BCUT2D eigenvalue weighted by Gasteiger charge is 2.20. The van der Waals surface area contributed by atoms with E-state index in [4.69, 9.17) is 0 Å². The average Bonchev–Trinajstić information content (AvgIpc) is 2.28. The molecule has 1 heterocycles. The summed E-state index contributed by atoms with van der Waals surface area (Å²) in [5, 5.41) is 3.54. The van der Waals surface area contributed by atoms with E-state index >= 15 is 0 Å². The molecule has 1 aromatic carbocycles. The van der Waals surface area contributed by atoms with Gasteiger partial charge in [-0.2, -0.15) is 0 Å².